The molecule has 0 aliphatic rings. The van der Waals surface area contributed by atoms with Gasteiger partial charge < -0.3 is 5.73 Å². The zero-order chi connectivity index (χ0) is 6.57. The Morgan fingerprint density at radius 3 is 2.00 bits per heavy atom. The first-order valence-electron chi connectivity index (χ1n) is 2.72. The molecule has 9 heavy (non-hydrogen) atoms. The molecule has 0 spiro atoms. The van der Waals surface area contributed by atoms with Crippen LogP contribution in [0.15, 0.2) is 0 Å². The van der Waals surface area contributed by atoms with Crippen molar-refractivity contribution in [2.45, 2.75) is 32.2 Å². The first-order chi connectivity index (χ1) is 3.68. The van der Waals surface area contributed by atoms with Crippen LogP contribution in [0.25, 0.3) is 0 Å². The Balaban J connectivity index is 0. The largest absolute Gasteiger partial charge is 0.323 e. The molecule has 0 saturated heterocycles. The van der Waals surface area contributed by atoms with E-state index >= 15 is 0 Å². The molecule has 0 rings (SSSR count). The maximum Gasteiger partial charge on any atom is 0.253 e. The van der Waals surface area contributed by atoms with Gasteiger partial charge in [0.1, 0.15) is 0 Å². The van der Waals surface area contributed by atoms with Gasteiger partial charge in [-0.25, -0.2) is 8.78 Å². The van der Waals surface area contributed by atoms with Gasteiger partial charge in [-0.2, -0.15) is 0 Å². The molecule has 1 atom stereocenters. The smallest absolute Gasteiger partial charge is 0.253 e. The molecule has 4 heteroatoms. The minimum atomic E-state index is -2.35. The Hall–Kier alpha value is 0.110. The molecule has 0 unspecified atom stereocenters. The summed E-state index contributed by atoms with van der Waals surface area (Å²) in [5.41, 5.74) is 4.98. The van der Waals surface area contributed by atoms with E-state index in [4.69, 9.17) is 5.73 Å². The minimum Gasteiger partial charge on any atom is -0.323 e. The SMILES string of the molecule is CCC[C@@H](N)C(F)F.Cl. The van der Waals surface area contributed by atoms with Gasteiger partial charge in [-0.05, 0) is 6.42 Å². The average Bonchev–Trinajstić information content (AvgIpc) is 1.67. The van der Waals surface area contributed by atoms with E-state index in [1.807, 2.05) is 6.92 Å². The van der Waals surface area contributed by atoms with Crippen molar-refractivity contribution in [1.29, 1.82) is 0 Å². The van der Waals surface area contributed by atoms with Crippen molar-refractivity contribution >= 4 is 12.4 Å². The van der Waals surface area contributed by atoms with Crippen LogP contribution in [-0.4, -0.2) is 12.5 Å². The van der Waals surface area contributed by atoms with Crippen molar-refractivity contribution in [3.05, 3.63) is 0 Å². The highest BCUT2D eigenvalue weighted by Crippen LogP contribution is 2.03. The van der Waals surface area contributed by atoms with Crippen LogP contribution in [0.5, 0.6) is 0 Å². The zero-order valence-corrected chi connectivity index (χ0v) is 6.13. The number of alkyl halides is 2. The van der Waals surface area contributed by atoms with E-state index in [1.54, 1.807) is 0 Å². The highest BCUT2D eigenvalue weighted by atomic mass is 35.5. The molecule has 0 aliphatic carbocycles. The quantitative estimate of drug-likeness (QED) is 0.668. The number of hydrogen-bond donors (Lipinski definition) is 1. The third-order valence-corrected chi connectivity index (χ3v) is 0.946. The molecule has 0 aromatic heterocycles. The van der Waals surface area contributed by atoms with Crippen LogP contribution in [0, 0.1) is 0 Å². The zero-order valence-electron chi connectivity index (χ0n) is 5.31. The van der Waals surface area contributed by atoms with Crippen LogP contribution in [0.2, 0.25) is 0 Å². The molecule has 0 radical (unpaired) electrons. The Morgan fingerprint density at radius 2 is 1.89 bits per heavy atom. The van der Waals surface area contributed by atoms with Crippen LogP contribution in [0.1, 0.15) is 19.8 Å². The molecule has 0 heterocycles. The molecule has 0 saturated carbocycles. The van der Waals surface area contributed by atoms with Gasteiger partial charge in [-0.1, -0.05) is 13.3 Å². The summed E-state index contributed by atoms with van der Waals surface area (Å²) in [6.45, 7) is 1.84. The lowest BCUT2D eigenvalue weighted by Gasteiger charge is -2.06. The average molecular weight is 160 g/mol. The normalized spacial score (nSPS) is 13.0. The van der Waals surface area contributed by atoms with Gasteiger partial charge in [0, 0.05) is 0 Å². The number of nitrogens with two attached hydrogens (primary N) is 1. The predicted octanol–water partition coefficient (Wildman–Crippen LogP) is 1.80. The standard InChI is InChI=1S/C5H11F2N.ClH/c1-2-3-4(8)5(6)7;/h4-5H,2-3,8H2,1H3;1H/t4-;/m1./s1. The highest BCUT2D eigenvalue weighted by molar-refractivity contribution is 5.85. The van der Waals surface area contributed by atoms with Gasteiger partial charge in [0.2, 0.25) is 0 Å². The minimum absolute atomic E-state index is 0. The molecule has 0 amide bonds. The number of halogens is 3. The van der Waals surface area contributed by atoms with Gasteiger partial charge in [0.05, 0.1) is 6.04 Å². The van der Waals surface area contributed by atoms with Gasteiger partial charge in [0.15, 0.2) is 0 Å². The van der Waals surface area contributed by atoms with Gasteiger partial charge >= 0.3 is 0 Å². The first-order valence-corrected chi connectivity index (χ1v) is 2.72. The van der Waals surface area contributed by atoms with E-state index in [0.29, 0.717) is 6.42 Å². The molecular weight excluding hydrogens is 148 g/mol. The third-order valence-electron chi connectivity index (χ3n) is 0.946. The molecule has 0 aliphatic heterocycles. The Morgan fingerprint density at radius 1 is 1.44 bits per heavy atom. The summed E-state index contributed by atoms with van der Waals surface area (Å²) in [5.74, 6) is 0. The van der Waals surface area contributed by atoms with E-state index in [0.717, 1.165) is 6.42 Å². The third kappa shape index (κ3) is 5.99. The number of hydrogen-bond acceptors (Lipinski definition) is 1. The molecule has 2 N–H and O–H groups in total. The highest BCUT2D eigenvalue weighted by Gasteiger charge is 2.12. The molecule has 0 bridgehead atoms. The van der Waals surface area contributed by atoms with Crippen LogP contribution < -0.4 is 5.73 Å². The molecule has 1 nitrogen and oxygen atoms in total. The summed E-state index contributed by atoms with van der Waals surface area (Å²) in [6.07, 6.45) is -1.21. The maximum absolute atomic E-state index is 11.5. The second kappa shape index (κ2) is 6.23. The summed E-state index contributed by atoms with van der Waals surface area (Å²) in [5, 5.41) is 0. The Kier molecular flexibility index (Phi) is 8.21. The van der Waals surface area contributed by atoms with Crippen molar-refractivity contribution in [3.63, 3.8) is 0 Å². The van der Waals surface area contributed by atoms with E-state index in [2.05, 4.69) is 0 Å². The fraction of sp³-hybridized carbons (Fsp3) is 1.00. The summed E-state index contributed by atoms with van der Waals surface area (Å²) in [6, 6.07) is -0.917. The van der Waals surface area contributed by atoms with E-state index in [-0.39, 0.29) is 12.4 Å². The van der Waals surface area contributed by atoms with Crippen LogP contribution in [-0.2, 0) is 0 Å². The summed E-state index contributed by atoms with van der Waals surface area (Å²) >= 11 is 0. The van der Waals surface area contributed by atoms with Crippen molar-refractivity contribution < 1.29 is 8.78 Å². The lowest BCUT2D eigenvalue weighted by atomic mass is 10.2. The molecular formula is C5H12ClF2N. The molecule has 0 fully saturated rings. The van der Waals surface area contributed by atoms with Crippen molar-refractivity contribution in [3.8, 4) is 0 Å². The fourth-order valence-corrected chi connectivity index (χ4v) is 0.459. The van der Waals surface area contributed by atoms with Crippen molar-refractivity contribution in [2.75, 3.05) is 0 Å². The van der Waals surface area contributed by atoms with Crippen molar-refractivity contribution in [2.24, 2.45) is 5.73 Å². The van der Waals surface area contributed by atoms with Crippen LogP contribution in [0.4, 0.5) is 8.78 Å². The first kappa shape index (κ1) is 11.9. The molecule has 0 aromatic carbocycles. The Labute approximate surface area is 60.0 Å². The summed E-state index contributed by atoms with van der Waals surface area (Å²) < 4.78 is 23.0. The fourth-order valence-electron chi connectivity index (χ4n) is 0.459. The van der Waals surface area contributed by atoms with Crippen LogP contribution >= 0.6 is 12.4 Å². The number of rotatable bonds is 3. The second-order valence-electron chi connectivity index (χ2n) is 1.79. The van der Waals surface area contributed by atoms with E-state index in [9.17, 15) is 8.78 Å². The van der Waals surface area contributed by atoms with Crippen molar-refractivity contribution in [1.82, 2.24) is 0 Å². The monoisotopic (exact) mass is 159 g/mol. The molecule has 0 aromatic rings. The maximum atomic E-state index is 11.5. The van der Waals surface area contributed by atoms with E-state index < -0.39 is 12.5 Å². The lowest BCUT2D eigenvalue weighted by molar-refractivity contribution is 0.112. The van der Waals surface area contributed by atoms with Gasteiger partial charge in [-0.3, -0.25) is 0 Å². The topological polar surface area (TPSA) is 26.0 Å². The second-order valence-corrected chi connectivity index (χ2v) is 1.79. The molecule has 58 valence electrons. The van der Waals surface area contributed by atoms with Gasteiger partial charge in [-0.15, -0.1) is 12.4 Å². The van der Waals surface area contributed by atoms with Gasteiger partial charge in [0.25, 0.3) is 6.43 Å². The van der Waals surface area contributed by atoms with E-state index in [1.165, 1.54) is 0 Å². The van der Waals surface area contributed by atoms with Crippen LogP contribution in [0.3, 0.4) is 0 Å². The summed E-state index contributed by atoms with van der Waals surface area (Å²) in [4.78, 5) is 0. The lowest BCUT2D eigenvalue weighted by Crippen LogP contribution is -2.27. The predicted molar refractivity (Wildman–Crippen MR) is 36.1 cm³/mol. The summed E-state index contributed by atoms with van der Waals surface area (Å²) in [7, 11) is 0. The Bertz CT molecular complexity index is 60.9.